The summed E-state index contributed by atoms with van der Waals surface area (Å²) in [4.78, 5) is 48.8. The third-order valence-corrected chi connectivity index (χ3v) is 5.98. The highest BCUT2D eigenvalue weighted by Crippen LogP contribution is 2.36. The molecule has 32 heavy (non-hydrogen) atoms. The molecule has 0 radical (unpaired) electrons. The van der Waals surface area contributed by atoms with E-state index in [2.05, 4.69) is 10.6 Å². The zero-order chi connectivity index (χ0) is 23.5. The molecule has 2 heterocycles. The standard InChI is InChI=1S/C19H23FN4O7S/c20-32(29,30)11-7-12-13(15(8-11)31-10-17(26)22-6-2-1-5-21)9-24(19(12)28)14-3-4-16(25)23-18(14)27/h7-8,14H,1-6,9-10,21H2,(H,22,26)(H,23,25,27). The molecule has 4 N–H and O–H groups in total. The van der Waals surface area contributed by atoms with Gasteiger partial charge in [0.2, 0.25) is 11.8 Å². The van der Waals surface area contributed by atoms with E-state index in [-0.39, 0.29) is 36.3 Å². The summed E-state index contributed by atoms with van der Waals surface area (Å²) >= 11 is 0. The quantitative estimate of drug-likeness (QED) is 0.243. The van der Waals surface area contributed by atoms with E-state index in [0.29, 0.717) is 19.5 Å². The van der Waals surface area contributed by atoms with Gasteiger partial charge in [-0.25, -0.2) is 0 Å². The highest BCUT2D eigenvalue weighted by molar-refractivity contribution is 7.86. The predicted octanol–water partition coefficient (Wildman–Crippen LogP) is -0.660. The number of hydrogen-bond acceptors (Lipinski definition) is 8. The molecule has 1 atom stereocenters. The van der Waals surface area contributed by atoms with Crippen molar-refractivity contribution in [3.8, 4) is 5.75 Å². The summed E-state index contributed by atoms with van der Waals surface area (Å²) in [5, 5.41) is 4.76. The van der Waals surface area contributed by atoms with Gasteiger partial charge < -0.3 is 20.7 Å². The molecule has 2 aliphatic heterocycles. The largest absolute Gasteiger partial charge is 0.483 e. The Kier molecular flexibility index (Phi) is 7.09. The maximum Gasteiger partial charge on any atom is 0.332 e. The van der Waals surface area contributed by atoms with E-state index in [1.165, 1.54) is 4.90 Å². The molecule has 0 aliphatic carbocycles. The molecule has 174 valence electrons. The maximum absolute atomic E-state index is 13.7. The molecule has 13 heteroatoms. The average Bonchev–Trinajstić information content (AvgIpc) is 3.05. The van der Waals surface area contributed by atoms with Crippen LogP contribution in [0.15, 0.2) is 17.0 Å². The Morgan fingerprint density at radius 3 is 2.69 bits per heavy atom. The molecular weight excluding hydrogens is 447 g/mol. The van der Waals surface area contributed by atoms with E-state index in [4.69, 9.17) is 10.5 Å². The minimum Gasteiger partial charge on any atom is -0.483 e. The van der Waals surface area contributed by atoms with Gasteiger partial charge in [0.25, 0.3) is 11.8 Å². The summed E-state index contributed by atoms with van der Waals surface area (Å²) in [6.07, 6.45) is 1.53. The summed E-state index contributed by atoms with van der Waals surface area (Å²) in [5.41, 5.74) is 5.46. The van der Waals surface area contributed by atoms with Gasteiger partial charge in [0.05, 0.1) is 6.54 Å². The Morgan fingerprint density at radius 2 is 2.03 bits per heavy atom. The Bertz CT molecular complexity index is 1060. The molecule has 0 bridgehead atoms. The van der Waals surface area contributed by atoms with Crippen molar-refractivity contribution >= 4 is 33.9 Å². The van der Waals surface area contributed by atoms with Gasteiger partial charge in [-0.15, -0.1) is 3.89 Å². The molecule has 2 aliphatic rings. The van der Waals surface area contributed by atoms with Crippen molar-refractivity contribution in [1.29, 1.82) is 0 Å². The lowest BCUT2D eigenvalue weighted by molar-refractivity contribution is -0.137. The molecule has 1 aromatic rings. The number of amides is 4. The lowest BCUT2D eigenvalue weighted by Gasteiger charge is -2.29. The van der Waals surface area contributed by atoms with Gasteiger partial charge in [0.15, 0.2) is 6.61 Å². The number of rotatable bonds is 9. The fourth-order valence-corrected chi connectivity index (χ4v) is 4.07. The zero-order valence-electron chi connectivity index (χ0n) is 17.1. The van der Waals surface area contributed by atoms with Crippen molar-refractivity contribution < 1.29 is 36.2 Å². The van der Waals surface area contributed by atoms with Crippen LogP contribution in [0.25, 0.3) is 0 Å². The zero-order valence-corrected chi connectivity index (χ0v) is 17.9. The third-order valence-electron chi connectivity index (χ3n) is 5.18. The van der Waals surface area contributed by atoms with Crippen LogP contribution >= 0.6 is 0 Å². The summed E-state index contributed by atoms with van der Waals surface area (Å²) < 4.78 is 42.1. The number of fused-ring (bicyclic) bond motifs is 1. The molecule has 4 amide bonds. The lowest BCUT2D eigenvalue weighted by atomic mass is 10.0. The number of ether oxygens (including phenoxy) is 1. The highest BCUT2D eigenvalue weighted by atomic mass is 32.3. The van der Waals surface area contributed by atoms with Gasteiger partial charge in [-0.3, -0.25) is 24.5 Å². The van der Waals surface area contributed by atoms with Crippen molar-refractivity contribution in [2.24, 2.45) is 5.73 Å². The second kappa shape index (κ2) is 9.61. The first-order valence-corrected chi connectivity index (χ1v) is 11.4. The van der Waals surface area contributed by atoms with Crippen molar-refractivity contribution in [3.63, 3.8) is 0 Å². The van der Waals surface area contributed by atoms with Crippen LogP contribution in [0.3, 0.4) is 0 Å². The number of benzene rings is 1. The number of nitrogens with two attached hydrogens (primary N) is 1. The van der Waals surface area contributed by atoms with Gasteiger partial charge in [-0.05, 0) is 31.9 Å². The normalized spacial score (nSPS) is 18.4. The lowest BCUT2D eigenvalue weighted by Crippen LogP contribution is -2.52. The number of imide groups is 1. The first-order chi connectivity index (χ1) is 15.1. The molecule has 11 nitrogen and oxygen atoms in total. The summed E-state index contributed by atoms with van der Waals surface area (Å²) in [7, 11) is -5.18. The van der Waals surface area contributed by atoms with Gasteiger partial charge in [-0.2, -0.15) is 8.42 Å². The smallest absolute Gasteiger partial charge is 0.332 e. The van der Waals surface area contributed by atoms with Gasteiger partial charge >= 0.3 is 10.2 Å². The van der Waals surface area contributed by atoms with Crippen molar-refractivity contribution in [2.45, 2.75) is 43.2 Å². The predicted molar refractivity (Wildman–Crippen MR) is 108 cm³/mol. The van der Waals surface area contributed by atoms with Crippen LogP contribution in [0.5, 0.6) is 5.75 Å². The number of hydrogen-bond donors (Lipinski definition) is 3. The number of carbonyl (C=O) groups excluding carboxylic acids is 4. The van der Waals surface area contributed by atoms with E-state index in [1.54, 1.807) is 0 Å². The maximum atomic E-state index is 13.7. The molecule has 1 saturated heterocycles. The summed E-state index contributed by atoms with van der Waals surface area (Å²) in [6, 6.07) is 0.826. The molecular formula is C19H23FN4O7S. The fraction of sp³-hybridized carbons (Fsp3) is 0.474. The number of nitrogens with one attached hydrogen (secondary N) is 2. The molecule has 0 spiro atoms. The molecule has 1 aromatic carbocycles. The van der Waals surface area contributed by atoms with Crippen molar-refractivity contribution in [3.05, 3.63) is 23.3 Å². The van der Waals surface area contributed by atoms with Gasteiger partial charge in [0.1, 0.15) is 16.7 Å². The first-order valence-electron chi connectivity index (χ1n) is 9.97. The molecule has 0 saturated carbocycles. The second-order valence-corrected chi connectivity index (χ2v) is 8.77. The van der Waals surface area contributed by atoms with Crippen LogP contribution in [0.1, 0.15) is 41.6 Å². The van der Waals surface area contributed by atoms with E-state index in [9.17, 15) is 31.5 Å². The van der Waals surface area contributed by atoms with Crippen molar-refractivity contribution in [2.75, 3.05) is 19.7 Å². The Balaban J connectivity index is 1.82. The van der Waals surface area contributed by atoms with Crippen LogP contribution in [-0.4, -0.2) is 62.7 Å². The average molecular weight is 470 g/mol. The van der Waals surface area contributed by atoms with Gasteiger partial charge in [-0.1, -0.05) is 0 Å². The number of carbonyl (C=O) groups is 4. The van der Waals surface area contributed by atoms with Crippen LogP contribution in [0.4, 0.5) is 3.89 Å². The van der Waals surface area contributed by atoms with Crippen molar-refractivity contribution in [1.82, 2.24) is 15.5 Å². The monoisotopic (exact) mass is 470 g/mol. The number of nitrogens with zero attached hydrogens (tertiary/aromatic N) is 1. The Hall–Kier alpha value is -3.06. The summed E-state index contributed by atoms with van der Waals surface area (Å²) in [5.74, 6) is -2.45. The first kappa shape index (κ1) is 23.6. The Labute approximate surface area is 183 Å². The minimum atomic E-state index is -5.18. The van der Waals surface area contributed by atoms with Crippen LogP contribution in [0.2, 0.25) is 0 Å². The minimum absolute atomic E-state index is 0.0360. The Morgan fingerprint density at radius 1 is 1.28 bits per heavy atom. The van der Waals surface area contributed by atoms with E-state index >= 15 is 0 Å². The topological polar surface area (TPSA) is 165 Å². The number of piperidine rings is 1. The SMILES string of the molecule is NCCCCNC(=O)COc1cc(S(=O)(=O)F)cc2c1CN(C1CCC(=O)NC1=O)C2=O. The third kappa shape index (κ3) is 5.22. The summed E-state index contributed by atoms with van der Waals surface area (Å²) in [6.45, 7) is 0.247. The molecule has 3 rings (SSSR count). The van der Waals surface area contributed by atoms with Gasteiger partial charge in [0, 0.05) is 30.2 Å². The second-order valence-electron chi connectivity index (χ2n) is 7.42. The molecule has 1 fully saturated rings. The van der Waals surface area contributed by atoms with E-state index in [1.807, 2.05) is 0 Å². The molecule has 0 aromatic heterocycles. The van der Waals surface area contributed by atoms with Crippen LogP contribution in [0, 0.1) is 0 Å². The van der Waals surface area contributed by atoms with E-state index < -0.39 is 51.4 Å². The van der Waals surface area contributed by atoms with Crippen LogP contribution in [-0.2, 0) is 31.2 Å². The van der Waals surface area contributed by atoms with Crippen LogP contribution < -0.4 is 21.1 Å². The number of halogens is 1. The fourth-order valence-electron chi connectivity index (χ4n) is 3.56. The van der Waals surface area contributed by atoms with E-state index in [0.717, 1.165) is 18.6 Å². The molecule has 1 unspecified atom stereocenters. The highest BCUT2D eigenvalue weighted by Gasteiger charge is 2.41. The number of unbranched alkanes of at least 4 members (excludes halogenated alkanes) is 1.